The Kier molecular flexibility index (Phi) is 7.45. The van der Waals surface area contributed by atoms with E-state index in [1.54, 1.807) is 0 Å². The topological polar surface area (TPSA) is 27.3 Å². The number of rotatable bonds is 7. The van der Waals surface area contributed by atoms with Crippen molar-refractivity contribution in [1.82, 2.24) is 15.5 Å². The van der Waals surface area contributed by atoms with Crippen LogP contribution in [0.5, 0.6) is 0 Å². The zero-order valence-corrected chi connectivity index (χ0v) is 8.85. The van der Waals surface area contributed by atoms with Gasteiger partial charge in [0.2, 0.25) is 0 Å². The first-order valence-corrected chi connectivity index (χ1v) is 4.71. The molecule has 0 heterocycles. The quantitative estimate of drug-likeness (QED) is 0.536. The monoisotopic (exact) mass is 173 g/mol. The Morgan fingerprint density at radius 2 is 1.75 bits per heavy atom. The Hall–Kier alpha value is -0.120. The first-order chi connectivity index (χ1) is 5.63. The molecule has 0 rings (SSSR count). The van der Waals surface area contributed by atoms with E-state index in [1.807, 2.05) is 0 Å². The summed E-state index contributed by atoms with van der Waals surface area (Å²) in [5.74, 6) is 0. The van der Waals surface area contributed by atoms with Crippen LogP contribution in [0, 0.1) is 0 Å². The lowest BCUT2D eigenvalue weighted by molar-refractivity contribution is 0.398. The molecule has 0 aliphatic carbocycles. The van der Waals surface area contributed by atoms with E-state index >= 15 is 0 Å². The van der Waals surface area contributed by atoms with E-state index in [0.717, 1.165) is 26.2 Å². The average molecular weight is 173 g/mol. The van der Waals surface area contributed by atoms with E-state index in [-0.39, 0.29) is 0 Å². The standard InChI is InChI=1S/C9H23N3/c1-9(2)11-6-5-10-7-8-12(3)4/h9-11H,5-8H2,1-4H3. The van der Waals surface area contributed by atoms with Crippen LogP contribution in [-0.4, -0.2) is 51.2 Å². The van der Waals surface area contributed by atoms with Crippen molar-refractivity contribution >= 4 is 0 Å². The molecule has 0 amide bonds. The summed E-state index contributed by atoms with van der Waals surface area (Å²) in [6.07, 6.45) is 0. The van der Waals surface area contributed by atoms with Crippen LogP contribution in [0.15, 0.2) is 0 Å². The second-order valence-electron chi connectivity index (χ2n) is 3.66. The van der Waals surface area contributed by atoms with Crippen LogP contribution in [0.1, 0.15) is 13.8 Å². The molecular weight excluding hydrogens is 150 g/mol. The van der Waals surface area contributed by atoms with E-state index in [1.165, 1.54) is 0 Å². The van der Waals surface area contributed by atoms with Crippen molar-refractivity contribution in [3.63, 3.8) is 0 Å². The molecule has 0 aliphatic rings. The summed E-state index contributed by atoms with van der Waals surface area (Å²) >= 11 is 0. The fourth-order valence-corrected chi connectivity index (χ4v) is 0.877. The number of hydrogen-bond donors (Lipinski definition) is 2. The largest absolute Gasteiger partial charge is 0.314 e. The first kappa shape index (κ1) is 11.9. The number of nitrogens with one attached hydrogen (secondary N) is 2. The Labute approximate surface area is 76.5 Å². The minimum absolute atomic E-state index is 0.598. The smallest absolute Gasteiger partial charge is 0.0101 e. The minimum Gasteiger partial charge on any atom is -0.314 e. The van der Waals surface area contributed by atoms with Gasteiger partial charge in [0.25, 0.3) is 0 Å². The Balaban J connectivity index is 2.91. The first-order valence-electron chi connectivity index (χ1n) is 4.71. The molecule has 0 saturated heterocycles. The highest BCUT2D eigenvalue weighted by molar-refractivity contribution is 4.56. The van der Waals surface area contributed by atoms with Gasteiger partial charge in [0, 0.05) is 32.2 Å². The van der Waals surface area contributed by atoms with Gasteiger partial charge in [0.05, 0.1) is 0 Å². The van der Waals surface area contributed by atoms with Gasteiger partial charge in [0.15, 0.2) is 0 Å². The van der Waals surface area contributed by atoms with Gasteiger partial charge >= 0.3 is 0 Å². The molecule has 3 nitrogen and oxygen atoms in total. The van der Waals surface area contributed by atoms with Gasteiger partial charge in [-0.15, -0.1) is 0 Å². The predicted molar refractivity (Wildman–Crippen MR) is 54.6 cm³/mol. The Morgan fingerprint density at radius 3 is 2.25 bits per heavy atom. The van der Waals surface area contributed by atoms with Gasteiger partial charge in [-0.25, -0.2) is 0 Å². The highest BCUT2D eigenvalue weighted by atomic mass is 15.1. The Bertz CT molecular complexity index is 79.8. The van der Waals surface area contributed by atoms with Crippen LogP contribution in [0.25, 0.3) is 0 Å². The van der Waals surface area contributed by atoms with E-state index in [9.17, 15) is 0 Å². The zero-order chi connectivity index (χ0) is 9.40. The van der Waals surface area contributed by atoms with Gasteiger partial charge in [-0.05, 0) is 14.1 Å². The van der Waals surface area contributed by atoms with Gasteiger partial charge in [0.1, 0.15) is 0 Å². The van der Waals surface area contributed by atoms with Crippen molar-refractivity contribution in [3.8, 4) is 0 Å². The van der Waals surface area contributed by atoms with Crippen LogP contribution in [0.4, 0.5) is 0 Å². The van der Waals surface area contributed by atoms with Crippen LogP contribution in [0.3, 0.4) is 0 Å². The molecule has 74 valence electrons. The van der Waals surface area contributed by atoms with Crippen LogP contribution >= 0.6 is 0 Å². The van der Waals surface area contributed by atoms with Crippen molar-refractivity contribution < 1.29 is 0 Å². The number of nitrogens with zero attached hydrogens (tertiary/aromatic N) is 1. The van der Waals surface area contributed by atoms with Crippen molar-refractivity contribution in [2.24, 2.45) is 0 Å². The normalized spacial score (nSPS) is 11.5. The average Bonchev–Trinajstić information content (AvgIpc) is 1.95. The van der Waals surface area contributed by atoms with E-state index < -0.39 is 0 Å². The van der Waals surface area contributed by atoms with Crippen LogP contribution in [-0.2, 0) is 0 Å². The number of likely N-dealkylation sites (N-methyl/N-ethyl adjacent to an activating group) is 1. The fourth-order valence-electron chi connectivity index (χ4n) is 0.877. The minimum atomic E-state index is 0.598. The van der Waals surface area contributed by atoms with Crippen molar-refractivity contribution in [3.05, 3.63) is 0 Å². The molecule has 12 heavy (non-hydrogen) atoms. The molecule has 2 N–H and O–H groups in total. The second-order valence-corrected chi connectivity index (χ2v) is 3.66. The summed E-state index contributed by atoms with van der Waals surface area (Å²) < 4.78 is 0. The molecule has 0 aromatic heterocycles. The lowest BCUT2D eigenvalue weighted by Gasteiger charge is -2.11. The molecule has 0 aliphatic heterocycles. The SMILES string of the molecule is CC(C)NCCNCCN(C)C. The van der Waals surface area contributed by atoms with Gasteiger partial charge in [-0.1, -0.05) is 13.8 Å². The van der Waals surface area contributed by atoms with Crippen LogP contribution in [0.2, 0.25) is 0 Å². The summed E-state index contributed by atoms with van der Waals surface area (Å²) in [5, 5.41) is 6.73. The predicted octanol–water partition coefficient (Wildman–Crippen LogP) is 0.136. The molecule has 0 bridgehead atoms. The lowest BCUT2D eigenvalue weighted by Crippen LogP contribution is -2.34. The highest BCUT2D eigenvalue weighted by Crippen LogP contribution is 1.74. The third-order valence-electron chi connectivity index (χ3n) is 1.59. The van der Waals surface area contributed by atoms with E-state index in [4.69, 9.17) is 0 Å². The summed E-state index contributed by atoms with van der Waals surface area (Å²) in [5.41, 5.74) is 0. The molecule has 3 heteroatoms. The maximum Gasteiger partial charge on any atom is 0.0101 e. The molecule has 0 aromatic carbocycles. The van der Waals surface area contributed by atoms with Crippen molar-refractivity contribution in [2.75, 3.05) is 40.3 Å². The Morgan fingerprint density at radius 1 is 1.08 bits per heavy atom. The summed E-state index contributed by atoms with van der Waals surface area (Å²) in [7, 11) is 4.18. The molecule has 0 saturated carbocycles. The second kappa shape index (κ2) is 7.53. The molecular formula is C9H23N3. The van der Waals surface area contributed by atoms with Crippen molar-refractivity contribution in [2.45, 2.75) is 19.9 Å². The van der Waals surface area contributed by atoms with E-state index in [2.05, 4.69) is 43.5 Å². The molecule has 0 unspecified atom stereocenters. The summed E-state index contributed by atoms with van der Waals surface area (Å²) in [6, 6.07) is 0.598. The molecule has 0 spiro atoms. The maximum atomic E-state index is 3.37. The van der Waals surface area contributed by atoms with E-state index in [0.29, 0.717) is 6.04 Å². The third kappa shape index (κ3) is 9.88. The maximum absolute atomic E-state index is 3.37. The zero-order valence-electron chi connectivity index (χ0n) is 8.85. The highest BCUT2D eigenvalue weighted by Gasteiger charge is 1.91. The van der Waals surface area contributed by atoms with Crippen molar-refractivity contribution in [1.29, 1.82) is 0 Å². The molecule has 0 radical (unpaired) electrons. The summed E-state index contributed by atoms with van der Waals surface area (Å²) in [4.78, 5) is 2.18. The molecule has 0 aromatic rings. The third-order valence-corrected chi connectivity index (χ3v) is 1.59. The van der Waals surface area contributed by atoms with Gasteiger partial charge in [-0.3, -0.25) is 0 Å². The van der Waals surface area contributed by atoms with Gasteiger partial charge in [-0.2, -0.15) is 0 Å². The van der Waals surface area contributed by atoms with Crippen LogP contribution < -0.4 is 10.6 Å². The summed E-state index contributed by atoms with van der Waals surface area (Å²) in [6.45, 7) is 8.64. The lowest BCUT2D eigenvalue weighted by atomic mass is 10.4. The molecule has 0 fully saturated rings. The number of hydrogen-bond acceptors (Lipinski definition) is 3. The fraction of sp³-hybridized carbons (Fsp3) is 1.00. The molecule has 0 atom stereocenters. The van der Waals surface area contributed by atoms with Gasteiger partial charge < -0.3 is 15.5 Å².